The molecule has 0 unspecified atom stereocenters. The van der Waals surface area contributed by atoms with Gasteiger partial charge < -0.3 is 10.2 Å². The van der Waals surface area contributed by atoms with Crippen molar-refractivity contribution in [1.82, 2.24) is 10.2 Å². The first-order valence-corrected chi connectivity index (χ1v) is 10.6. The zero-order valence-electron chi connectivity index (χ0n) is 17.4. The third kappa shape index (κ3) is 5.97. The SMILES string of the molecule is CCNC(=O)[C@@H](CC)N(Cc1c(Cl)cccc1Cl)C(=O)Cc1ccc(C)c(C)c1. The molecule has 0 saturated heterocycles. The second kappa shape index (κ2) is 10.7. The van der Waals surface area contributed by atoms with Crippen molar-refractivity contribution >= 4 is 35.0 Å². The van der Waals surface area contributed by atoms with E-state index in [0.717, 1.165) is 11.1 Å². The lowest BCUT2D eigenvalue weighted by atomic mass is 10.0. The lowest BCUT2D eigenvalue weighted by Gasteiger charge is -2.31. The molecule has 0 aliphatic rings. The van der Waals surface area contributed by atoms with Crippen molar-refractivity contribution < 1.29 is 9.59 Å². The maximum absolute atomic E-state index is 13.3. The fraction of sp³-hybridized carbons (Fsp3) is 0.391. The van der Waals surface area contributed by atoms with Crippen LogP contribution in [-0.2, 0) is 22.6 Å². The molecule has 0 fully saturated rings. The first-order valence-electron chi connectivity index (χ1n) is 9.84. The molecule has 0 aliphatic carbocycles. The number of hydrogen-bond donors (Lipinski definition) is 1. The van der Waals surface area contributed by atoms with Crippen molar-refractivity contribution in [1.29, 1.82) is 0 Å². The van der Waals surface area contributed by atoms with E-state index in [1.54, 1.807) is 23.1 Å². The van der Waals surface area contributed by atoms with Crippen molar-refractivity contribution in [3.8, 4) is 0 Å². The van der Waals surface area contributed by atoms with Crippen LogP contribution in [0.15, 0.2) is 36.4 Å². The number of carbonyl (C=O) groups is 2. The van der Waals surface area contributed by atoms with E-state index < -0.39 is 6.04 Å². The fourth-order valence-corrected chi connectivity index (χ4v) is 3.77. The molecule has 0 bridgehead atoms. The molecule has 4 nitrogen and oxygen atoms in total. The van der Waals surface area contributed by atoms with E-state index in [2.05, 4.69) is 5.32 Å². The minimum Gasteiger partial charge on any atom is -0.355 e. The highest BCUT2D eigenvalue weighted by molar-refractivity contribution is 6.36. The predicted octanol–water partition coefficient (Wildman–Crippen LogP) is 5.10. The van der Waals surface area contributed by atoms with Crippen LogP contribution < -0.4 is 5.32 Å². The van der Waals surface area contributed by atoms with Crippen LogP contribution in [0.1, 0.15) is 42.5 Å². The van der Waals surface area contributed by atoms with E-state index >= 15 is 0 Å². The summed E-state index contributed by atoms with van der Waals surface area (Å²) in [4.78, 5) is 27.6. The largest absolute Gasteiger partial charge is 0.355 e. The van der Waals surface area contributed by atoms with E-state index in [9.17, 15) is 9.59 Å². The second-order valence-corrected chi connectivity index (χ2v) is 7.95. The minimum absolute atomic E-state index is 0.137. The number of likely N-dealkylation sites (N-methyl/N-ethyl adjacent to an activating group) is 1. The van der Waals surface area contributed by atoms with Gasteiger partial charge in [0.25, 0.3) is 0 Å². The Hall–Kier alpha value is -2.04. The van der Waals surface area contributed by atoms with Crippen LogP contribution in [0.4, 0.5) is 0 Å². The van der Waals surface area contributed by atoms with E-state index in [1.165, 1.54) is 5.56 Å². The fourth-order valence-electron chi connectivity index (χ4n) is 3.25. The Morgan fingerprint density at radius 3 is 2.24 bits per heavy atom. The maximum Gasteiger partial charge on any atom is 0.242 e. The first kappa shape index (κ1) is 23.2. The van der Waals surface area contributed by atoms with Crippen molar-refractivity contribution in [2.24, 2.45) is 0 Å². The van der Waals surface area contributed by atoms with Crippen molar-refractivity contribution in [3.05, 3.63) is 68.7 Å². The molecule has 1 atom stereocenters. The van der Waals surface area contributed by atoms with Crippen LogP contribution in [0.2, 0.25) is 10.0 Å². The third-order valence-corrected chi connectivity index (χ3v) is 5.76. The highest BCUT2D eigenvalue weighted by Crippen LogP contribution is 2.27. The minimum atomic E-state index is -0.596. The van der Waals surface area contributed by atoms with E-state index in [0.29, 0.717) is 28.6 Å². The van der Waals surface area contributed by atoms with Gasteiger partial charge in [-0.25, -0.2) is 0 Å². The predicted molar refractivity (Wildman–Crippen MR) is 119 cm³/mol. The Morgan fingerprint density at radius 1 is 1.03 bits per heavy atom. The van der Waals surface area contributed by atoms with Crippen LogP contribution >= 0.6 is 23.2 Å². The lowest BCUT2D eigenvalue weighted by molar-refractivity contribution is -0.140. The summed E-state index contributed by atoms with van der Waals surface area (Å²) in [6.45, 7) is 8.49. The summed E-state index contributed by atoms with van der Waals surface area (Å²) >= 11 is 12.7. The van der Waals surface area contributed by atoms with Gasteiger partial charge in [-0.2, -0.15) is 0 Å². The summed E-state index contributed by atoms with van der Waals surface area (Å²) in [5, 5.41) is 3.79. The molecular formula is C23H28Cl2N2O2. The molecular weight excluding hydrogens is 407 g/mol. The number of rotatable bonds is 8. The van der Waals surface area contributed by atoms with Gasteiger partial charge in [0.2, 0.25) is 11.8 Å². The summed E-state index contributed by atoms with van der Waals surface area (Å²) < 4.78 is 0. The molecule has 156 valence electrons. The van der Waals surface area contributed by atoms with E-state index in [1.807, 2.05) is 45.9 Å². The molecule has 29 heavy (non-hydrogen) atoms. The number of aryl methyl sites for hydroxylation is 2. The van der Waals surface area contributed by atoms with Crippen molar-refractivity contribution in [2.75, 3.05) is 6.54 Å². The third-order valence-electron chi connectivity index (χ3n) is 5.05. The van der Waals surface area contributed by atoms with Gasteiger partial charge in [0.1, 0.15) is 6.04 Å². The van der Waals surface area contributed by atoms with Crippen LogP contribution in [0.5, 0.6) is 0 Å². The first-order chi connectivity index (χ1) is 13.8. The van der Waals surface area contributed by atoms with E-state index in [4.69, 9.17) is 23.2 Å². The van der Waals surface area contributed by atoms with Gasteiger partial charge in [0, 0.05) is 28.7 Å². The summed E-state index contributed by atoms with van der Waals surface area (Å²) in [5.74, 6) is -0.311. The Labute approximate surface area is 183 Å². The van der Waals surface area contributed by atoms with Gasteiger partial charge in [-0.15, -0.1) is 0 Å². The number of hydrogen-bond acceptors (Lipinski definition) is 2. The summed E-state index contributed by atoms with van der Waals surface area (Å²) in [6.07, 6.45) is 0.700. The topological polar surface area (TPSA) is 49.4 Å². The summed E-state index contributed by atoms with van der Waals surface area (Å²) in [7, 11) is 0. The van der Waals surface area contributed by atoms with E-state index in [-0.39, 0.29) is 24.8 Å². The molecule has 0 heterocycles. The molecule has 0 spiro atoms. The molecule has 2 aromatic carbocycles. The number of amides is 2. The zero-order valence-corrected chi connectivity index (χ0v) is 18.9. The van der Waals surface area contributed by atoms with Crippen LogP contribution in [-0.4, -0.2) is 29.3 Å². The molecule has 0 radical (unpaired) electrons. The van der Waals surface area contributed by atoms with Gasteiger partial charge in [-0.3, -0.25) is 9.59 Å². The number of carbonyl (C=O) groups excluding carboxylic acids is 2. The van der Waals surface area contributed by atoms with Gasteiger partial charge in [-0.1, -0.05) is 54.4 Å². The molecule has 6 heteroatoms. The molecule has 2 aromatic rings. The number of benzene rings is 2. The average molecular weight is 435 g/mol. The highest BCUT2D eigenvalue weighted by Gasteiger charge is 2.29. The highest BCUT2D eigenvalue weighted by atomic mass is 35.5. The molecule has 0 aliphatic heterocycles. The summed E-state index contributed by atoms with van der Waals surface area (Å²) in [5.41, 5.74) is 3.87. The number of nitrogens with one attached hydrogen (secondary N) is 1. The molecule has 0 aromatic heterocycles. The Balaban J connectivity index is 2.37. The lowest BCUT2D eigenvalue weighted by Crippen LogP contribution is -2.49. The normalized spacial score (nSPS) is 11.8. The molecule has 2 rings (SSSR count). The van der Waals surface area contributed by atoms with Crippen LogP contribution in [0, 0.1) is 13.8 Å². The van der Waals surface area contributed by atoms with Crippen molar-refractivity contribution in [2.45, 2.75) is 53.1 Å². The van der Waals surface area contributed by atoms with Crippen molar-refractivity contribution in [3.63, 3.8) is 0 Å². The standard InChI is InChI=1S/C23H28Cl2N2O2/c1-5-21(23(29)26-6-2)27(14-18-19(24)8-7-9-20(18)25)22(28)13-17-11-10-15(3)16(4)12-17/h7-12,21H,5-6,13-14H2,1-4H3,(H,26,29)/t21-/m1/s1. The van der Waals surface area contributed by atoms with Gasteiger partial charge in [-0.05, 0) is 56.0 Å². The van der Waals surface area contributed by atoms with Gasteiger partial charge in [0.15, 0.2) is 0 Å². The Kier molecular flexibility index (Phi) is 8.54. The maximum atomic E-state index is 13.3. The molecule has 1 N–H and O–H groups in total. The van der Waals surface area contributed by atoms with Crippen LogP contribution in [0.25, 0.3) is 0 Å². The number of halogens is 2. The Bertz CT molecular complexity index is 863. The van der Waals surface area contributed by atoms with Gasteiger partial charge in [0.05, 0.1) is 6.42 Å². The zero-order chi connectivity index (χ0) is 21.6. The van der Waals surface area contributed by atoms with Crippen LogP contribution in [0.3, 0.4) is 0 Å². The monoisotopic (exact) mass is 434 g/mol. The average Bonchev–Trinajstić information content (AvgIpc) is 2.67. The number of nitrogens with zero attached hydrogens (tertiary/aromatic N) is 1. The quantitative estimate of drug-likeness (QED) is 0.628. The smallest absolute Gasteiger partial charge is 0.242 e. The Morgan fingerprint density at radius 2 is 1.69 bits per heavy atom. The second-order valence-electron chi connectivity index (χ2n) is 7.14. The summed E-state index contributed by atoms with van der Waals surface area (Å²) in [6, 6.07) is 10.6. The molecule has 0 saturated carbocycles. The molecule has 2 amide bonds. The van der Waals surface area contributed by atoms with Gasteiger partial charge >= 0.3 is 0 Å².